The zero-order chi connectivity index (χ0) is 33.2. The van der Waals surface area contributed by atoms with E-state index in [1.807, 2.05) is 43.3 Å². The van der Waals surface area contributed by atoms with Gasteiger partial charge in [-0.3, -0.25) is 14.5 Å². The van der Waals surface area contributed by atoms with E-state index in [1.54, 1.807) is 24.3 Å². The van der Waals surface area contributed by atoms with E-state index in [9.17, 15) is 29.8 Å². The average Bonchev–Trinajstić information content (AvgIpc) is 3.31. The fraction of sp³-hybridized carbons (Fsp3) is 0.314. The molecular weight excluding hydrogens is 619 g/mol. The number of ether oxygens (including phenoxy) is 1. The molecule has 4 atom stereocenters. The van der Waals surface area contributed by atoms with Crippen molar-refractivity contribution in [2.45, 2.75) is 45.0 Å². The quantitative estimate of drug-likeness (QED) is 0.144. The number of carbonyl (C=O) groups is 2. The number of benzene rings is 3. The van der Waals surface area contributed by atoms with Gasteiger partial charge < -0.3 is 29.6 Å². The summed E-state index contributed by atoms with van der Waals surface area (Å²) in [5.74, 6) is -1.80. The number of phenolic OH excluding ortho intramolecular Hbond substituents is 1. The zero-order valence-corrected chi connectivity index (χ0v) is 26.7. The van der Waals surface area contributed by atoms with Gasteiger partial charge >= 0.3 is 14.2 Å². The van der Waals surface area contributed by atoms with Gasteiger partial charge in [0.15, 0.2) is 0 Å². The Morgan fingerprint density at radius 3 is 2.57 bits per heavy atom. The molecule has 0 radical (unpaired) electrons. The molecule has 6 rings (SSSR count). The molecule has 0 unspecified atom stereocenters. The second-order valence-electron chi connectivity index (χ2n) is 12.3. The van der Waals surface area contributed by atoms with Crippen LogP contribution in [-0.2, 0) is 14.2 Å². The van der Waals surface area contributed by atoms with Crippen molar-refractivity contribution >= 4 is 54.9 Å². The van der Waals surface area contributed by atoms with Crippen LogP contribution in [-0.4, -0.2) is 58.9 Å². The van der Waals surface area contributed by atoms with Gasteiger partial charge in [0.05, 0.1) is 28.6 Å². The molecule has 0 aromatic heterocycles. The maximum Gasteiger partial charge on any atom is 0.488 e. The Labute approximate surface area is 279 Å². The van der Waals surface area contributed by atoms with Crippen molar-refractivity contribution in [3.8, 4) is 11.5 Å². The molecule has 2 heterocycles. The highest BCUT2D eigenvalue weighted by molar-refractivity contribution is 6.58. The molecular formula is C35H36B2ClNO8. The molecule has 2 aliphatic heterocycles. The van der Waals surface area contributed by atoms with Crippen LogP contribution in [0.15, 0.2) is 89.5 Å². The fourth-order valence-electron chi connectivity index (χ4n) is 7.18. The number of para-hydroxylation sites is 1. The number of imide groups is 1. The summed E-state index contributed by atoms with van der Waals surface area (Å²) in [6, 6.07) is 20.3. The van der Waals surface area contributed by atoms with Crippen LogP contribution < -0.4 is 15.1 Å². The first kappa shape index (κ1) is 33.1. The lowest BCUT2D eigenvalue weighted by molar-refractivity contribution is -0.122. The molecule has 0 spiro atoms. The lowest BCUT2D eigenvalue weighted by Gasteiger charge is -2.43. The van der Waals surface area contributed by atoms with Gasteiger partial charge in [-0.25, -0.2) is 0 Å². The third-order valence-corrected chi connectivity index (χ3v) is 9.74. The first-order valence-corrected chi connectivity index (χ1v) is 16.3. The number of rotatable bonds is 10. The lowest BCUT2D eigenvalue weighted by Crippen LogP contribution is -2.46. The highest BCUT2D eigenvalue weighted by atomic mass is 35.5. The summed E-state index contributed by atoms with van der Waals surface area (Å²) in [6.45, 7) is 2.24. The van der Waals surface area contributed by atoms with Gasteiger partial charge in [0, 0.05) is 0 Å². The summed E-state index contributed by atoms with van der Waals surface area (Å²) in [5.41, 5.74) is 4.10. The Morgan fingerprint density at radius 2 is 1.85 bits per heavy atom. The van der Waals surface area contributed by atoms with Gasteiger partial charge in [-0.05, 0) is 103 Å². The number of allylic oxidation sites excluding steroid dienone is 1. The lowest BCUT2D eigenvalue weighted by atomic mass is 9.58. The van der Waals surface area contributed by atoms with Crippen LogP contribution in [0.5, 0.6) is 11.5 Å². The topological polar surface area (TPSA) is 137 Å². The molecule has 2 saturated heterocycles. The number of hydrogen-bond acceptors (Lipinski definition) is 8. The maximum absolute atomic E-state index is 14.1. The molecule has 2 amide bonds. The highest BCUT2D eigenvalue weighted by Gasteiger charge is 2.57. The number of anilines is 1. The zero-order valence-electron chi connectivity index (χ0n) is 26.0. The van der Waals surface area contributed by atoms with Gasteiger partial charge in [-0.1, -0.05) is 60.5 Å². The molecule has 12 heteroatoms. The average molecular weight is 656 g/mol. The number of aromatic hydroxyl groups is 1. The van der Waals surface area contributed by atoms with Gasteiger partial charge in [0.25, 0.3) is 0 Å². The van der Waals surface area contributed by atoms with Crippen LogP contribution in [0.2, 0.25) is 11.3 Å². The van der Waals surface area contributed by atoms with Crippen molar-refractivity contribution in [1.82, 2.24) is 0 Å². The highest BCUT2D eigenvalue weighted by Crippen LogP contribution is 2.51. The van der Waals surface area contributed by atoms with Crippen molar-refractivity contribution in [3.63, 3.8) is 0 Å². The minimum Gasteiger partial charge on any atom is -0.508 e. The molecule has 2 fully saturated rings. The molecule has 9 nitrogen and oxygen atoms in total. The minimum atomic E-state index is -1.75. The molecule has 3 aliphatic rings. The summed E-state index contributed by atoms with van der Waals surface area (Å²) in [6.07, 6.45) is 3.82. The standard InChI is InChI=1S/C35H36B2ClNO8/c1-2-21(15-22-12-13-26(40)18-30(22)38)11-14-31-32-23(20-46-27-9-4-3-5-10-27)16-28-33(29(32)19-36(43)47-31)35(42)39(34(28)41)25-8-6-7-24(17-25)37(44)45/h3-10,12-13,15,17-18,28-29,31,33,40,43-45H,2,11,14,16,19-20H2,1H3/b21-15+/t28-,29+,31-,33-/m1/s1. The number of fused-ring (bicyclic) bond motifs is 3. The summed E-state index contributed by atoms with van der Waals surface area (Å²) < 4.78 is 12.4. The predicted octanol–water partition coefficient (Wildman–Crippen LogP) is 4.38. The van der Waals surface area contributed by atoms with E-state index in [0.29, 0.717) is 30.0 Å². The van der Waals surface area contributed by atoms with Crippen LogP contribution in [0.4, 0.5) is 5.69 Å². The molecule has 3 aromatic carbocycles. The summed E-state index contributed by atoms with van der Waals surface area (Å²) in [4.78, 5) is 29.2. The largest absolute Gasteiger partial charge is 0.508 e. The van der Waals surface area contributed by atoms with E-state index in [1.165, 1.54) is 18.2 Å². The van der Waals surface area contributed by atoms with E-state index in [4.69, 9.17) is 21.0 Å². The molecule has 242 valence electrons. The normalized spacial score (nSPS) is 22.8. The molecule has 4 N–H and O–H groups in total. The van der Waals surface area contributed by atoms with Crippen molar-refractivity contribution in [1.29, 1.82) is 0 Å². The van der Waals surface area contributed by atoms with Crippen LogP contribution in [0, 0.1) is 17.8 Å². The Hall–Kier alpha value is -3.86. The van der Waals surface area contributed by atoms with Gasteiger partial charge in [-0.2, -0.15) is 0 Å². The van der Waals surface area contributed by atoms with E-state index >= 15 is 0 Å². The molecule has 1 aliphatic carbocycles. The Bertz CT molecular complexity index is 1710. The van der Waals surface area contributed by atoms with E-state index in [2.05, 4.69) is 0 Å². The van der Waals surface area contributed by atoms with E-state index in [0.717, 1.165) is 33.6 Å². The van der Waals surface area contributed by atoms with Crippen molar-refractivity contribution in [2.24, 2.45) is 17.8 Å². The fourth-order valence-corrected chi connectivity index (χ4v) is 7.41. The Kier molecular flexibility index (Phi) is 9.91. The van der Waals surface area contributed by atoms with Crippen LogP contribution in [0.25, 0.3) is 6.08 Å². The minimum absolute atomic E-state index is 0.0887. The van der Waals surface area contributed by atoms with Crippen LogP contribution >= 0.6 is 11.6 Å². The number of hydrogen-bond donors (Lipinski definition) is 4. The van der Waals surface area contributed by atoms with E-state index in [-0.39, 0.29) is 41.6 Å². The maximum atomic E-state index is 14.1. The third-order valence-electron chi connectivity index (χ3n) is 9.42. The van der Waals surface area contributed by atoms with Gasteiger partial charge in [-0.15, -0.1) is 0 Å². The predicted molar refractivity (Wildman–Crippen MR) is 181 cm³/mol. The first-order chi connectivity index (χ1) is 22.6. The van der Waals surface area contributed by atoms with Crippen LogP contribution in [0.1, 0.15) is 38.2 Å². The van der Waals surface area contributed by atoms with Gasteiger partial charge in [0.1, 0.15) is 18.1 Å². The smallest absolute Gasteiger partial charge is 0.488 e. The number of phenols is 1. The third kappa shape index (κ3) is 6.91. The molecule has 47 heavy (non-hydrogen) atoms. The van der Waals surface area contributed by atoms with Crippen molar-refractivity contribution in [3.05, 3.63) is 100 Å². The summed E-state index contributed by atoms with van der Waals surface area (Å²) in [5, 5.41) is 40.6. The monoisotopic (exact) mass is 655 g/mol. The second kappa shape index (κ2) is 14.1. The number of nitrogens with zero attached hydrogens (tertiary/aromatic N) is 1. The Balaban J connectivity index is 1.33. The molecule has 0 saturated carbocycles. The van der Waals surface area contributed by atoms with Crippen LogP contribution in [0.3, 0.4) is 0 Å². The number of amides is 2. The molecule has 0 bridgehead atoms. The first-order valence-electron chi connectivity index (χ1n) is 15.9. The van der Waals surface area contributed by atoms with Crippen molar-refractivity contribution < 1.29 is 39.2 Å². The molecule has 3 aromatic rings. The number of halogens is 1. The Morgan fingerprint density at radius 1 is 1.06 bits per heavy atom. The SMILES string of the molecule is CC/C(=C\c1ccc(O)cc1Cl)CC[C@H]1OB(O)C[C@H]2C1=C(COc1ccccc1)C[C@H]1C(=O)N(c3cccc(B(O)O)c3)C(=O)[C@H]12. The summed E-state index contributed by atoms with van der Waals surface area (Å²) in [7, 11) is -2.88. The van der Waals surface area contributed by atoms with Gasteiger partial charge in [0.2, 0.25) is 11.8 Å². The second-order valence-corrected chi connectivity index (χ2v) is 12.7. The number of carbonyl (C=O) groups excluding carboxylic acids is 2. The summed E-state index contributed by atoms with van der Waals surface area (Å²) >= 11 is 6.38. The van der Waals surface area contributed by atoms with Crippen molar-refractivity contribution in [2.75, 3.05) is 11.5 Å². The van der Waals surface area contributed by atoms with E-state index < -0.39 is 38.1 Å².